The normalized spacial score (nSPS) is 11.9. The number of amides is 2. The molecule has 0 bridgehead atoms. The molecule has 0 aliphatic carbocycles. The summed E-state index contributed by atoms with van der Waals surface area (Å²) in [6, 6.07) is 13.4. The molecule has 0 aliphatic heterocycles. The number of carbonyl (C=O) groups is 2. The highest BCUT2D eigenvalue weighted by atomic mass is 16.5. The van der Waals surface area contributed by atoms with Crippen LogP contribution in [-0.2, 0) is 0 Å². The zero-order chi connectivity index (χ0) is 17.1. The molecule has 0 saturated carbocycles. The maximum Gasteiger partial charge on any atom is 0.274 e. The van der Waals surface area contributed by atoms with Gasteiger partial charge in [-0.05, 0) is 48.9 Å². The first-order valence-corrected chi connectivity index (χ1v) is 7.41. The van der Waals surface area contributed by atoms with Crippen LogP contribution in [0.2, 0.25) is 0 Å². The lowest BCUT2D eigenvalue weighted by Crippen LogP contribution is -2.26. The quantitative estimate of drug-likeness (QED) is 0.508. The SMILES string of the molecule is CC(NC(=O)c1ccc2occc2c1)c1ccc(C(=O)NO)cc1. The third-order valence-corrected chi connectivity index (χ3v) is 3.84. The Balaban J connectivity index is 1.72. The van der Waals surface area contributed by atoms with Crippen LogP contribution in [0.4, 0.5) is 0 Å². The summed E-state index contributed by atoms with van der Waals surface area (Å²) in [5, 5.41) is 12.4. The molecule has 3 rings (SSSR count). The van der Waals surface area contributed by atoms with Crippen LogP contribution in [0.1, 0.15) is 39.2 Å². The molecule has 1 atom stereocenters. The van der Waals surface area contributed by atoms with Gasteiger partial charge in [-0.3, -0.25) is 14.8 Å². The van der Waals surface area contributed by atoms with Crippen LogP contribution in [-0.4, -0.2) is 17.0 Å². The van der Waals surface area contributed by atoms with Gasteiger partial charge in [0.05, 0.1) is 12.3 Å². The van der Waals surface area contributed by atoms with E-state index in [2.05, 4.69) is 5.32 Å². The van der Waals surface area contributed by atoms with E-state index in [4.69, 9.17) is 9.62 Å². The van der Waals surface area contributed by atoms with Crippen molar-refractivity contribution in [2.24, 2.45) is 0 Å². The first-order chi connectivity index (χ1) is 11.6. The minimum Gasteiger partial charge on any atom is -0.464 e. The van der Waals surface area contributed by atoms with E-state index in [0.717, 1.165) is 16.5 Å². The van der Waals surface area contributed by atoms with Crippen molar-refractivity contribution in [1.82, 2.24) is 10.8 Å². The highest BCUT2D eigenvalue weighted by Gasteiger charge is 2.13. The highest BCUT2D eigenvalue weighted by Crippen LogP contribution is 2.18. The number of hydrogen-bond donors (Lipinski definition) is 3. The lowest BCUT2D eigenvalue weighted by atomic mass is 10.0. The fourth-order valence-electron chi connectivity index (χ4n) is 2.46. The molecule has 0 aliphatic rings. The molecule has 0 spiro atoms. The van der Waals surface area contributed by atoms with Crippen LogP contribution in [0.15, 0.2) is 59.2 Å². The minimum absolute atomic E-state index is 0.192. The number of hydrogen-bond acceptors (Lipinski definition) is 4. The summed E-state index contributed by atoms with van der Waals surface area (Å²) >= 11 is 0. The predicted molar refractivity (Wildman–Crippen MR) is 87.8 cm³/mol. The maximum absolute atomic E-state index is 12.4. The lowest BCUT2D eigenvalue weighted by Gasteiger charge is -2.15. The van der Waals surface area contributed by atoms with Crippen molar-refractivity contribution in [2.45, 2.75) is 13.0 Å². The summed E-state index contributed by atoms with van der Waals surface area (Å²) in [7, 11) is 0. The third-order valence-electron chi connectivity index (χ3n) is 3.84. The van der Waals surface area contributed by atoms with E-state index in [9.17, 15) is 9.59 Å². The van der Waals surface area contributed by atoms with E-state index >= 15 is 0 Å². The van der Waals surface area contributed by atoms with Gasteiger partial charge in [0.1, 0.15) is 5.58 Å². The number of fused-ring (bicyclic) bond motifs is 1. The van der Waals surface area contributed by atoms with Crippen molar-refractivity contribution in [3.63, 3.8) is 0 Å². The Bertz CT molecular complexity index is 883. The van der Waals surface area contributed by atoms with E-state index in [1.165, 1.54) is 0 Å². The van der Waals surface area contributed by atoms with Gasteiger partial charge in [-0.1, -0.05) is 12.1 Å². The second-order valence-electron chi connectivity index (χ2n) is 5.43. The van der Waals surface area contributed by atoms with Crippen LogP contribution in [0.5, 0.6) is 0 Å². The topological polar surface area (TPSA) is 91.6 Å². The molecule has 0 saturated heterocycles. The molecule has 24 heavy (non-hydrogen) atoms. The van der Waals surface area contributed by atoms with Crippen LogP contribution in [0.25, 0.3) is 11.0 Å². The second-order valence-corrected chi connectivity index (χ2v) is 5.43. The second kappa shape index (κ2) is 6.55. The lowest BCUT2D eigenvalue weighted by molar-refractivity contribution is 0.0706. The van der Waals surface area contributed by atoms with Gasteiger partial charge in [0.25, 0.3) is 11.8 Å². The predicted octanol–water partition coefficient (Wildman–Crippen LogP) is 3.04. The van der Waals surface area contributed by atoms with Gasteiger partial charge in [0.2, 0.25) is 0 Å². The molecular formula is C18H16N2O4. The molecule has 6 heteroatoms. The molecule has 6 nitrogen and oxygen atoms in total. The molecular weight excluding hydrogens is 308 g/mol. The van der Waals surface area contributed by atoms with Crippen LogP contribution < -0.4 is 10.8 Å². The van der Waals surface area contributed by atoms with Crippen LogP contribution in [0, 0.1) is 0 Å². The molecule has 1 aromatic heterocycles. The van der Waals surface area contributed by atoms with Gasteiger partial charge in [0.15, 0.2) is 0 Å². The molecule has 1 heterocycles. The van der Waals surface area contributed by atoms with Crippen molar-refractivity contribution in [2.75, 3.05) is 0 Å². The largest absolute Gasteiger partial charge is 0.464 e. The number of hydroxylamine groups is 1. The van der Waals surface area contributed by atoms with Crippen molar-refractivity contribution in [1.29, 1.82) is 0 Å². The Morgan fingerprint density at radius 3 is 2.42 bits per heavy atom. The standard InChI is InChI=1S/C18H16N2O4/c1-11(12-2-4-13(5-3-12)18(22)20-23)19-17(21)15-6-7-16-14(10-15)8-9-24-16/h2-11,23H,1H3,(H,19,21)(H,20,22). The molecule has 0 fully saturated rings. The summed E-state index contributed by atoms with van der Waals surface area (Å²) in [5.41, 5.74) is 4.05. The summed E-state index contributed by atoms with van der Waals surface area (Å²) in [4.78, 5) is 23.7. The molecule has 0 radical (unpaired) electrons. The zero-order valence-corrected chi connectivity index (χ0v) is 12.9. The average molecular weight is 324 g/mol. The van der Waals surface area contributed by atoms with Crippen LogP contribution in [0.3, 0.4) is 0 Å². The van der Waals surface area contributed by atoms with Gasteiger partial charge in [-0.2, -0.15) is 0 Å². The molecule has 2 aromatic carbocycles. The number of carbonyl (C=O) groups excluding carboxylic acids is 2. The summed E-state index contributed by atoms with van der Waals surface area (Å²) < 4.78 is 5.26. The van der Waals surface area contributed by atoms with Gasteiger partial charge in [-0.15, -0.1) is 0 Å². The Hall–Kier alpha value is -3.12. The van der Waals surface area contributed by atoms with Crippen molar-refractivity contribution in [3.8, 4) is 0 Å². The number of nitrogens with one attached hydrogen (secondary N) is 2. The van der Waals surface area contributed by atoms with Gasteiger partial charge in [0, 0.05) is 16.5 Å². The monoisotopic (exact) mass is 324 g/mol. The Morgan fingerprint density at radius 1 is 1.00 bits per heavy atom. The number of rotatable bonds is 4. The average Bonchev–Trinajstić information content (AvgIpc) is 3.08. The molecule has 122 valence electrons. The number of benzene rings is 2. The molecule has 3 N–H and O–H groups in total. The minimum atomic E-state index is -0.577. The summed E-state index contributed by atoms with van der Waals surface area (Å²) in [6.07, 6.45) is 1.58. The van der Waals surface area contributed by atoms with Gasteiger partial charge < -0.3 is 9.73 Å². The van der Waals surface area contributed by atoms with Gasteiger partial charge >= 0.3 is 0 Å². The molecule has 3 aromatic rings. The van der Waals surface area contributed by atoms with Gasteiger partial charge in [-0.25, -0.2) is 5.48 Å². The Labute approximate surface area is 138 Å². The van der Waals surface area contributed by atoms with Crippen molar-refractivity contribution < 1.29 is 19.2 Å². The highest BCUT2D eigenvalue weighted by molar-refractivity contribution is 5.98. The van der Waals surface area contributed by atoms with Crippen LogP contribution >= 0.6 is 0 Å². The van der Waals surface area contributed by atoms with E-state index in [-0.39, 0.29) is 11.9 Å². The van der Waals surface area contributed by atoms with E-state index < -0.39 is 5.91 Å². The summed E-state index contributed by atoms with van der Waals surface area (Å²) in [6.45, 7) is 1.86. The smallest absolute Gasteiger partial charge is 0.274 e. The zero-order valence-electron chi connectivity index (χ0n) is 12.9. The maximum atomic E-state index is 12.4. The first kappa shape index (κ1) is 15.8. The fourth-order valence-corrected chi connectivity index (χ4v) is 2.46. The Kier molecular flexibility index (Phi) is 4.31. The molecule has 1 unspecified atom stereocenters. The Morgan fingerprint density at radius 2 is 1.71 bits per heavy atom. The third kappa shape index (κ3) is 3.13. The summed E-state index contributed by atoms with van der Waals surface area (Å²) in [5.74, 6) is -0.769. The number of furan rings is 1. The fraction of sp³-hybridized carbons (Fsp3) is 0.111. The van der Waals surface area contributed by atoms with Crippen molar-refractivity contribution in [3.05, 3.63) is 71.5 Å². The van der Waals surface area contributed by atoms with Crippen molar-refractivity contribution >= 4 is 22.8 Å². The molecule has 2 amide bonds. The van der Waals surface area contributed by atoms with E-state index in [1.807, 2.05) is 6.92 Å². The van der Waals surface area contributed by atoms with E-state index in [0.29, 0.717) is 11.1 Å². The van der Waals surface area contributed by atoms with E-state index in [1.54, 1.807) is 60.3 Å². The first-order valence-electron chi connectivity index (χ1n) is 7.41.